The van der Waals surface area contributed by atoms with E-state index < -0.39 is 6.29 Å². The van der Waals surface area contributed by atoms with Gasteiger partial charge in [0.2, 0.25) is 0 Å². The average Bonchev–Trinajstić information content (AvgIpc) is 2.21. The van der Waals surface area contributed by atoms with E-state index in [4.69, 9.17) is 0 Å². The molecule has 0 aromatic carbocycles. The highest BCUT2D eigenvalue weighted by atomic mass is 19.3. The van der Waals surface area contributed by atoms with E-state index in [0.717, 1.165) is 5.57 Å². The second-order valence-electron chi connectivity index (χ2n) is 2.70. The molecule has 0 atom stereocenters. The zero-order valence-corrected chi connectivity index (χ0v) is 6.36. The van der Waals surface area contributed by atoms with Crippen LogP contribution in [0.1, 0.15) is 13.3 Å². The van der Waals surface area contributed by atoms with Crippen molar-refractivity contribution < 1.29 is 18.3 Å². The molecule has 1 aliphatic carbocycles. The van der Waals surface area contributed by atoms with E-state index in [2.05, 4.69) is 15.2 Å². The molecule has 1 aliphatic heterocycles. The number of halogens is 2. The summed E-state index contributed by atoms with van der Waals surface area (Å²) < 4.78 is 33.3. The Hall–Kier alpha value is -1.28. The molecule has 0 fully saturated rings. The first-order valence-corrected chi connectivity index (χ1v) is 3.48. The number of ether oxygens (including phenoxy) is 2. The first-order chi connectivity index (χ1) is 5.57. The molecule has 0 saturated heterocycles. The fraction of sp³-hybridized carbons (Fsp3) is 0.375. The van der Waals surface area contributed by atoms with Gasteiger partial charge in [0.25, 0.3) is 0 Å². The highest BCUT2D eigenvalue weighted by Crippen LogP contribution is 2.37. The maximum atomic E-state index is 12.4. The lowest BCUT2D eigenvalue weighted by Crippen LogP contribution is -2.16. The van der Waals surface area contributed by atoms with Crippen LogP contribution in [-0.2, 0) is 9.47 Å². The van der Waals surface area contributed by atoms with E-state index in [1.165, 1.54) is 6.08 Å². The van der Waals surface area contributed by atoms with Crippen LogP contribution in [-0.4, -0.2) is 6.29 Å². The molecular weight excluding hydrogens is 166 g/mol. The molecule has 0 N–H and O–H groups in total. The van der Waals surface area contributed by atoms with Gasteiger partial charge in [-0.2, -0.15) is 0 Å². The van der Waals surface area contributed by atoms with Crippen molar-refractivity contribution in [1.29, 1.82) is 0 Å². The lowest BCUT2D eigenvalue weighted by atomic mass is 10.1. The van der Waals surface area contributed by atoms with Gasteiger partial charge < -0.3 is 9.47 Å². The highest BCUT2D eigenvalue weighted by molar-refractivity contribution is 5.28. The largest absolute Gasteiger partial charge is 0.585 e. The Morgan fingerprint density at radius 3 is 3.00 bits per heavy atom. The standard InChI is InChI=1S/C8H6F2O2/c1-5-2-3-6-7(4-5)12-8(9,10)11-6/h3H,4H2,1H3. The Morgan fingerprint density at radius 2 is 2.25 bits per heavy atom. The normalized spacial score (nSPS) is 24.4. The van der Waals surface area contributed by atoms with Crippen LogP contribution in [0.4, 0.5) is 8.78 Å². The summed E-state index contributed by atoms with van der Waals surface area (Å²) in [6, 6.07) is 0. The zero-order chi connectivity index (χ0) is 8.77. The fourth-order valence-corrected chi connectivity index (χ4v) is 1.11. The zero-order valence-electron chi connectivity index (χ0n) is 6.36. The third-order valence-corrected chi connectivity index (χ3v) is 1.62. The van der Waals surface area contributed by atoms with Gasteiger partial charge in [0, 0.05) is 12.5 Å². The Kier molecular flexibility index (Phi) is 1.30. The SMILES string of the molecule is CC1=C=CC2=C(C1)OC(F)(F)O2. The molecule has 2 aliphatic rings. The smallest absolute Gasteiger partial charge is 0.399 e. The molecular formula is C8H6F2O2. The van der Waals surface area contributed by atoms with Crippen molar-refractivity contribution in [3.05, 3.63) is 28.9 Å². The Morgan fingerprint density at radius 1 is 1.50 bits per heavy atom. The van der Waals surface area contributed by atoms with Gasteiger partial charge in [-0.1, -0.05) is 0 Å². The predicted molar refractivity (Wildman–Crippen MR) is 36.0 cm³/mol. The molecule has 64 valence electrons. The van der Waals surface area contributed by atoms with Crippen molar-refractivity contribution >= 4 is 0 Å². The molecule has 1 heterocycles. The summed E-state index contributed by atoms with van der Waals surface area (Å²) in [5.74, 6) is 0.279. The summed E-state index contributed by atoms with van der Waals surface area (Å²) >= 11 is 0. The van der Waals surface area contributed by atoms with E-state index in [1.54, 1.807) is 6.92 Å². The summed E-state index contributed by atoms with van der Waals surface area (Å²) in [4.78, 5) is 0. The van der Waals surface area contributed by atoms with Crippen molar-refractivity contribution in [2.24, 2.45) is 0 Å². The molecule has 2 rings (SSSR count). The van der Waals surface area contributed by atoms with Gasteiger partial charge in [-0.05, 0) is 12.5 Å². The van der Waals surface area contributed by atoms with Gasteiger partial charge >= 0.3 is 6.29 Å². The van der Waals surface area contributed by atoms with Crippen LogP contribution in [0.2, 0.25) is 0 Å². The van der Waals surface area contributed by atoms with Crippen molar-refractivity contribution in [1.82, 2.24) is 0 Å². The minimum absolute atomic E-state index is 0.0885. The van der Waals surface area contributed by atoms with Crippen molar-refractivity contribution in [2.45, 2.75) is 19.6 Å². The topological polar surface area (TPSA) is 18.5 Å². The minimum Gasteiger partial charge on any atom is -0.399 e. The van der Waals surface area contributed by atoms with Gasteiger partial charge in [-0.25, -0.2) is 0 Å². The minimum atomic E-state index is -3.49. The van der Waals surface area contributed by atoms with E-state index >= 15 is 0 Å². The Balaban J connectivity index is 2.27. The number of hydrogen-bond acceptors (Lipinski definition) is 2. The summed E-state index contributed by atoms with van der Waals surface area (Å²) in [7, 11) is 0. The van der Waals surface area contributed by atoms with Gasteiger partial charge in [0.15, 0.2) is 11.5 Å². The maximum absolute atomic E-state index is 12.4. The average molecular weight is 172 g/mol. The summed E-state index contributed by atoms with van der Waals surface area (Å²) in [5, 5.41) is 0. The molecule has 0 saturated carbocycles. The molecule has 0 aromatic heterocycles. The lowest BCUT2D eigenvalue weighted by Gasteiger charge is -2.07. The quantitative estimate of drug-likeness (QED) is 0.522. The molecule has 0 radical (unpaired) electrons. The third kappa shape index (κ3) is 1.10. The van der Waals surface area contributed by atoms with E-state index in [-0.39, 0.29) is 11.5 Å². The Labute approximate surface area is 67.8 Å². The molecule has 0 bridgehead atoms. The van der Waals surface area contributed by atoms with Gasteiger partial charge in [0.1, 0.15) is 0 Å². The van der Waals surface area contributed by atoms with Crippen LogP contribution in [0.3, 0.4) is 0 Å². The van der Waals surface area contributed by atoms with Gasteiger partial charge in [-0.15, -0.1) is 14.5 Å². The molecule has 0 spiro atoms. The van der Waals surface area contributed by atoms with Crippen LogP contribution in [0.25, 0.3) is 0 Å². The van der Waals surface area contributed by atoms with Crippen LogP contribution < -0.4 is 0 Å². The van der Waals surface area contributed by atoms with Crippen molar-refractivity contribution in [2.75, 3.05) is 0 Å². The van der Waals surface area contributed by atoms with Crippen molar-refractivity contribution in [3.8, 4) is 0 Å². The molecule has 12 heavy (non-hydrogen) atoms. The van der Waals surface area contributed by atoms with Crippen LogP contribution in [0, 0.1) is 0 Å². The highest BCUT2D eigenvalue weighted by Gasteiger charge is 2.44. The monoisotopic (exact) mass is 172 g/mol. The van der Waals surface area contributed by atoms with Crippen LogP contribution in [0.15, 0.2) is 28.9 Å². The number of allylic oxidation sites excluding steroid dienone is 2. The number of rotatable bonds is 0. The second-order valence-corrected chi connectivity index (χ2v) is 2.70. The third-order valence-electron chi connectivity index (χ3n) is 1.62. The molecule has 0 amide bonds. The van der Waals surface area contributed by atoms with Gasteiger partial charge in [0.05, 0.1) is 0 Å². The Bertz CT molecular complexity index is 322. The number of alkyl halides is 2. The predicted octanol–water partition coefficient (Wildman–Crippen LogP) is 2.30. The first-order valence-electron chi connectivity index (χ1n) is 3.48. The van der Waals surface area contributed by atoms with Crippen molar-refractivity contribution in [3.63, 3.8) is 0 Å². The first kappa shape index (κ1) is 7.37. The van der Waals surface area contributed by atoms with E-state index in [1.807, 2.05) is 0 Å². The fourth-order valence-electron chi connectivity index (χ4n) is 1.11. The molecule has 2 nitrogen and oxygen atoms in total. The lowest BCUT2D eigenvalue weighted by molar-refractivity contribution is -0.336. The van der Waals surface area contributed by atoms with Crippen LogP contribution in [0.5, 0.6) is 0 Å². The molecule has 0 unspecified atom stereocenters. The number of hydrogen-bond donors (Lipinski definition) is 0. The maximum Gasteiger partial charge on any atom is 0.585 e. The second kappa shape index (κ2) is 2.11. The van der Waals surface area contributed by atoms with E-state index in [0.29, 0.717) is 6.42 Å². The summed E-state index contributed by atoms with van der Waals surface area (Å²) in [6.45, 7) is 1.79. The molecule has 0 aromatic rings. The van der Waals surface area contributed by atoms with Crippen LogP contribution >= 0.6 is 0 Å². The van der Waals surface area contributed by atoms with E-state index in [9.17, 15) is 8.78 Å². The molecule has 4 heteroatoms. The summed E-state index contributed by atoms with van der Waals surface area (Å²) in [5.41, 5.74) is 3.64. The van der Waals surface area contributed by atoms with Gasteiger partial charge in [-0.3, -0.25) is 0 Å². The summed E-state index contributed by atoms with van der Waals surface area (Å²) in [6.07, 6.45) is -1.77.